The summed E-state index contributed by atoms with van der Waals surface area (Å²) < 4.78 is 10.9. The second-order valence-corrected chi connectivity index (χ2v) is 4.25. The average molecular weight is 192 g/mol. The molecule has 0 aromatic heterocycles. The van der Waals surface area contributed by atoms with E-state index in [0.717, 1.165) is 17.8 Å². The Balaban J connectivity index is 2.00. The molecule has 0 bridgehead atoms. The molecule has 3 aliphatic rings. The van der Waals surface area contributed by atoms with Crippen molar-refractivity contribution in [1.82, 2.24) is 0 Å². The van der Waals surface area contributed by atoms with Crippen molar-refractivity contribution >= 4 is 5.78 Å². The summed E-state index contributed by atoms with van der Waals surface area (Å²) in [6, 6.07) is 0. The third kappa shape index (κ3) is 0.953. The molecule has 0 amide bonds. The molecule has 0 aromatic rings. The fourth-order valence-electron chi connectivity index (χ4n) is 2.42. The number of ether oxygens (including phenoxy) is 2. The van der Waals surface area contributed by atoms with Gasteiger partial charge in [-0.25, -0.2) is 0 Å². The summed E-state index contributed by atoms with van der Waals surface area (Å²) in [5, 5.41) is 0. The van der Waals surface area contributed by atoms with E-state index in [4.69, 9.17) is 9.47 Å². The van der Waals surface area contributed by atoms with Crippen molar-refractivity contribution in [2.75, 3.05) is 0 Å². The molecule has 74 valence electrons. The van der Waals surface area contributed by atoms with Gasteiger partial charge in [0.1, 0.15) is 5.76 Å². The largest absolute Gasteiger partial charge is 0.462 e. The molecule has 1 unspecified atom stereocenters. The van der Waals surface area contributed by atoms with Gasteiger partial charge in [0.2, 0.25) is 6.29 Å². The molecule has 0 fully saturated rings. The van der Waals surface area contributed by atoms with E-state index in [-0.39, 0.29) is 18.0 Å². The maximum absolute atomic E-state index is 11.8. The van der Waals surface area contributed by atoms with Gasteiger partial charge in [-0.3, -0.25) is 4.79 Å². The van der Waals surface area contributed by atoms with Crippen molar-refractivity contribution in [2.45, 2.75) is 26.1 Å². The van der Waals surface area contributed by atoms with Gasteiger partial charge in [-0.05, 0) is 12.0 Å². The maximum Gasteiger partial charge on any atom is 0.250 e. The highest BCUT2D eigenvalue weighted by molar-refractivity contribution is 5.98. The minimum absolute atomic E-state index is 0.0602. The zero-order chi connectivity index (χ0) is 9.71. The van der Waals surface area contributed by atoms with Crippen LogP contribution < -0.4 is 0 Å². The predicted octanol–water partition coefficient (Wildman–Crippen LogP) is 1.76. The number of fused-ring (bicyclic) bond motifs is 2. The van der Waals surface area contributed by atoms with E-state index < -0.39 is 0 Å². The molecule has 14 heavy (non-hydrogen) atoms. The molecule has 1 aliphatic carbocycles. The van der Waals surface area contributed by atoms with Crippen molar-refractivity contribution in [3.05, 3.63) is 23.7 Å². The van der Waals surface area contributed by atoms with Gasteiger partial charge in [0.25, 0.3) is 0 Å². The van der Waals surface area contributed by atoms with Gasteiger partial charge >= 0.3 is 0 Å². The van der Waals surface area contributed by atoms with Crippen LogP contribution in [0.5, 0.6) is 0 Å². The normalized spacial score (nSPS) is 39.2. The van der Waals surface area contributed by atoms with E-state index in [1.807, 2.05) is 6.08 Å². The number of hydrogen-bond donors (Lipinski definition) is 0. The number of rotatable bonds is 0. The van der Waals surface area contributed by atoms with E-state index in [9.17, 15) is 4.79 Å². The lowest BCUT2D eigenvalue weighted by Crippen LogP contribution is -2.19. The highest BCUT2D eigenvalue weighted by atomic mass is 16.7. The minimum atomic E-state index is -0.255. The van der Waals surface area contributed by atoms with Crippen LogP contribution in [0, 0.1) is 11.8 Å². The molecule has 3 heteroatoms. The highest BCUT2D eigenvalue weighted by Gasteiger charge is 2.44. The van der Waals surface area contributed by atoms with Crippen LogP contribution in [0.3, 0.4) is 0 Å². The predicted molar refractivity (Wildman–Crippen MR) is 49.0 cm³/mol. The number of carbonyl (C=O) groups is 1. The fourth-order valence-corrected chi connectivity index (χ4v) is 2.42. The average Bonchev–Trinajstić information content (AvgIpc) is 2.60. The van der Waals surface area contributed by atoms with Crippen molar-refractivity contribution in [3.63, 3.8) is 0 Å². The summed E-state index contributed by atoms with van der Waals surface area (Å²) >= 11 is 0. The first-order valence-electron chi connectivity index (χ1n) is 5.00. The minimum Gasteiger partial charge on any atom is -0.462 e. The Kier molecular flexibility index (Phi) is 1.52. The Bertz CT molecular complexity index is 354. The van der Waals surface area contributed by atoms with Crippen LogP contribution in [0.1, 0.15) is 19.8 Å². The lowest BCUT2D eigenvalue weighted by molar-refractivity contribution is -0.117. The third-order valence-electron chi connectivity index (χ3n) is 3.05. The first kappa shape index (κ1) is 8.09. The molecule has 2 aliphatic heterocycles. The summed E-state index contributed by atoms with van der Waals surface area (Å²) in [5.41, 5.74) is 0.863. The van der Waals surface area contributed by atoms with Crippen LogP contribution in [0.2, 0.25) is 0 Å². The van der Waals surface area contributed by atoms with Crippen LogP contribution >= 0.6 is 0 Å². The second kappa shape index (κ2) is 2.62. The Morgan fingerprint density at radius 2 is 2.29 bits per heavy atom. The first-order chi connectivity index (χ1) is 6.75. The van der Waals surface area contributed by atoms with Gasteiger partial charge in [0.05, 0.1) is 12.2 Å². The summed E-state index contributed by atoms with van der Waals surface area (Å²) in [4.78, 5) is 11.8. The molecule has 0 radical (unpaired) electrons. The summed E-state index contributed by atoms with van der Waals surface area (Å²) in [5.74, 6) is 1.57. The van der Waals surface area contributed by atoms with Gasteiger partial charge in [-0.2, -0.15) is 0 Å². The van der Waals surface area contributed by atoms with Crippen LogP contribution in [0.25, 0.3) is 0 Å². The topological polar surface area (TPSA) is 35.5 Å². The third-order valence-corrected chi connectivity index (χ3v) is 3.05. The van der Waals surface area contributed by atoms with Gasteiger partial charge in [-0.15, -0.1) is 0 Å². The quantitative estimate of drug-likeness (QED) is 0.586. The number of ketones is 1. The molecule has 3 rings (SSSR count). The number of allylic oxidation sites excluding steroid dienone is 1. The van der Waals surface area contributed by atoms with E-state index in [1.165, 1.54) is 0 Å². The molecule has 0 saturated carbocycles. The second-order valence-electron chi connectivity index (χ2n) is 4.25. The van der Waals surface area contributed by atoms with Gasteiger partial charge < -0.3 is 9.47 Å². The van der Waals surface area contributed by atoms with Gasteiger partial charge in [-0.1, -0.05) is 6.92 Å². The molecule has 0 spiro atoms. The standard InChI is InChI=1S/C11H12O3/c1-6-4-8(12)10-7-2-3-13-11(7)14-9(10)5-6/h2-3,6-7,11H,4-5H2,1H3/t6?,7-,11+/m0/s1. The fraction of sp³-hybridized carbons (Fsp3) is 0.545. The Morgan fingerprint density at radius 3 is 3.14 bits per heavy atom. The van der Waals surface area contributed by atoms with E-state index in [1.54, 1.807) is 6.26 Å². The van der Waals surface area contributed by atoms with Crippen molar-refractivity contribution in [1.29, 1.82) is 0 Å². The molecular formula is C11H12O3. The van der Waals surface area contributed by atoms with E-state index in [0.29, 0.717) is 12.3 Å². The van der Waals surface area contributed by atoms with E-state index >= 15 is 0 Å². The zero-order valence-corrected chi connectivity index (χ0v) is 8.03. The summed E-state index contributed by atoms with van der Waals surface area (Å²) in [7, 11) is 0. The van der Waals surface area contributed by atoms with Crippen LogP contribution in [0.4, 0.5) is 0 Å². The van der Waals surface area contributed by atoms with Crippen LogP contribution in [-0.2, 0) is 14.3 Å². The molecule has 3 atom stereocenters. The highest BCUT2D eigenvalue weighted by Crippen LogP contribution is 2.43. The van der Waals surface area contributed by atoms with Gasteiger partial charge in [0.15, 0.2) is 5.78 Å². The van der Waals surface area contributed by atoms with Crippen molar-refractivity contribution in [2.24, 2.45) is 11.8 Å². The zero-order valence-electron chi connectivity index (χ0n) is 8.03. The molecule has 0 aromatic carbocycles. The monoisotopic (exact) mass is 192 g/mol. The summed E-state index contributed by atoms with van der Waals surface area (Å²) in [6.45, 7) is 2.08. The van der Waals surface area contributed by atoms with Crippen molar-refractivity contribution in [3.8, 4) is 0 Å². The summed E-state index contributed by atoms with van der Waals surface area (Å²) in [6.07, 6.45) is 4.82. The van der Waals surface area contributed by atoms with Crippen molar-refractivity contribution < 1.29 is 14.3 Å². The van der Waals surface area contributed by atoms with Gasteiger partial charge in [0, 0.05) is 18.4 Å². The molecule has 0 N–H and O–H groups in total. The van der Waals surface area contributed by atoms with E-state index in [2.05, 4.69) is 6.92 Å². The molecule has 0 saturated heterocycles. The lowest BCUT2D eigenvalue weighted by Gasteiger charge is -2.18. The Labute approximate surface area is 82.4 Å². The SMILES string of the molecule is CC1CC(=O)C2=C(C1)O[C@H]1OC=C[C@@H]21. The van der Waals surface area contributed by atoms with Crippen LogP contribution in [0.15, 0.2) is 23.7 Å². The number of hydrogen-bond acceptors (Lipinski definition) is 3. The smallest absolute Gasteiger partial charge is 0.250 e. The number of carbonyl (C=O) groups excluding carboxylic acids is 1. The molecule has 3 nitrogen and oxygen atoms in total. The first-order valence-corrected chi connectivity index (χ1v) is 5.00. The van der Waals surface area contributed by atoms with Crippen LogP contribution in [-0.4, -0.2) is 12.1 Å². The molecular weight excluding hydrogens is 180 g/mol. The molecule has 2 heterocycles. The Morgan fingerprint density at radius 1 is 1.43 bits per heavy atom. The Hall–Kier alpha value is -1.25. The maximum atomic E-state index is 11.8. The lowest BCUT2D eigenvalue weighted by atomic mass is 9.84. The number of Topliss-reactive ketones (excluding diaryl/α,β-unsaturated/α-hetero) is 1.